The molecule has 0 spiro atoms. The van der Waals surface area contributed by atoms with E-state index in [0.29, 0.717) is 0 Å². The van der Waals surface area contributed by atoms with E-state index in [1.807, 2.05) is 0 Å². The van der Waals surface area contributed by atoms with Gasteiger partial charge in [0.2, 0.25) is 0 Å². The van der Waals surface area contributed by atoms with E-state index in [4.69, 9.17) is 27.7 Å². The van der Waals surface area contributed by atoms with Gasteiger partial charge in [-0.25, -0.2) is 0 Å². The minimum Gasteiger partial charge on any atom is -0.456 e. The third kappa shape index (κ3) is 3.79. The molecule has 0 aliphatic carbocycles. The van der Waals surface area contributed by atoms with Gasteiger partial charge in [-0.3, -0.25) is 0 Å². The molecule has 1 nitrogen and oxygen atoms in total. The van der Waals surface area contributed by atoms with Gasteiger partial charge >= 0.3 is 0 Å². The van der Waals surface area contributed by atoms with Crippen molar-refractivity contribution in [1.82, 2.24) is 0 Å². The van der Waals surface area contributed by atoms with Crippen molar-refractivity contribution in [3.8, 4) is 33.4 Å². The molecule has 0 aliphatic rings. The summed E-state index contributed by atoms with van der Waals surface area (Å²) < 4.78 is 238. The van der Waals surface area contributed by atoms with Crippen molar-refractivity contribution in [3.63, 3.8) is 0 Å². The Morgan fingerprint density at radius 1 is 0.326 bits per heavy atom. The van der Waals surface area contributed by atoms with Crippen LogP contribution in [0.3, 0.4) is 0 Å². The second kappa shape index (κ2) is 9.44. The quantitative estimate of drug-likeness (QED) is 0.192. The highest BCUT2D eigenvalue weighted by atomic mass is 16.3. The first kappa shape index (κ1) is 9.69. The number of benzene rings is 8. The molecule has 0 radical (unpaired) electrons. The molecule has 0 N–H and O–H groups in total. The van der Waals surface area contributed by atoms with Gasteiger partial charge in [-0.15, -0.1) is 0 Å². The molecule has 0 saturated heterocycles. The van der Waals surface area contributed by atoms with Gasteiger partial charge < -0.3 is 4.42 Å². The van der Waals surface area contributed by atoms with Crippen molar-refractivity contribution in [2.75, 3.05) is 0 Å². The third-order valence-corrected chi connectivity index (χ3v) is 6.89. The highest BCUT2D eigenvalue weighted by Crippen LogP contribution is 2.44. The molecule has 43 heavy (non-hydrogen) atoms. The number of fused-ring (bicyclic) bond motifs is 6. The van der Waals surface area contributed by atoms with Crippen LogP contribution < -0.4 is 0 Å². The van der Waals surface area contributed by atoms with Crippen LogP contribution in [0.15, 0.2) is 162 Å². The summed E-state index contributed by atoms with van der Waals surface area (Å²) in [6, 6.07) is -23.6. The zero-order valence-corrected chi connectivity index (χ0v) is 21.4. The molecule has 1 aromatic heterocycles. The van der Waals surface area contributed by atoms with E-state index in [1.54, 1.807) is 0 Å². The molecule has 1 heterocycles. The first-order valence-corrected chi connectivity index (χ1v) is 12.7. The van der Waals surface area contributed by atoms with Crippen LogP contribution in [0.1, 0.15) is 35.6 Å². The van der Waals surface area contributed by atoms with Crippen LogP contribution in [0.4, 0.5) is 0 Å². The minimum absolute atomic E-state index is 0.403. The molecule has 9 aromatic rings. The van der Waals surface area contributed by atoms with Crippen LogP contribution in [-0.2, 0) is 0 Å². The molecule has 0 aliphatic heterocycles. The Balaban J connectivity index is 1.58. The van der Waals surface area contributed by atoms with Gasteiger partial charge in [0.15, 0.2) is 0 Å². The van der Waals surface area contributed by atoms with Crippen LogP contribution in [0.5, 0.6) is 0 Å². The average molecular weight is 573 g/mol. The smallest absolute Gasteiger partial charge is 0.135 e. The number of furan rings is 1. The van der Waals surface area contributed by atoms with E-state index >= 15 is 0 Å². The monoisotopic (exact) mass is 572 g/mol. The summed E-state index contributed by atoms with van der Waals surface area (Å²) in [5, 5.41) is -5.00. The first-order valence-electron chi connectivity index (χ1n) is 25.7. The van der Waals surface area contributed by atoms with Crippen molar-refractivity contribution in [2.24, 2.45) is 0 Å². The van der Waals surface area contributed by atoms with Crippen molar-refractivity contribution in [1.29, 1.82) is 0 Å². The largest absolute Gasteiger partial charge is 0.456 e. The maximum Gasteiger partial charge on any atom is 0.135 e. The highest BCUT2D eigenvalue weighted by Gasteiger charge is 2.17. The molecule has 0 fully saturated rings. The molecular weight excluding hydrogens is 520 g/mol. The predicted octanol–water partition coefficient (Wildman–Crippen LogP) is 12.0. The number of para-hydroxylation sites is 1. The average Bonchev–Trinajstić information content (AvgIpc) is 3.73. The van der Waals surface area contributed by atoms with Gasteiger partial charge in [-0.1, -0.05) is 127 Å². The Morgan fingerprint density at radius 3 is 1.56 bits per heavy atom. The predicted molar refractivity (Wildman–Crippen MR) is 183 cm³/mol. The lowest BCUT2D eigenvalue weighted by Crippen LogP contribution is -1.91. The summed E-state index contributed by atoms with van der Waals surface area (Å²) in [7, 11) is 0. The lowest BCUT2D eigenvalue weighted by Gasteiger charge is -2.18. The van der Waals surface area contributed by atoms with Crippen molar-refractivity contribution in [2.45, 2.75) is 0 Å². The Kier molecular flexibility index (Phi) is 2.13. The van der Waals surface area contributed by atoms with Crippen LogP contribution in [-0.4, -0.2) is 0 Å². The van der Waals surface area contributed by atoms with E-state index in [-0.39, 0.29) is 0 Å². The van der Waals surface area contributed by atoms with Gasteiger partial charge in [0.1, 0.15) is 11.2 Å². The molecule has 8 aromatic carbocycles. The number of hydrogen-bond donors (Lipinski definition) is 0. The summed E-state index contributed by atoms with van der Waals surface area (Å²) in [6.07, 6.45) is 0. The SMILES string of the molecule is [2H]c1c([2H])c(-c2c([2H])c([2H])c3oc4c([2H])c([2H])c([2H])c([2H])c4c3c2[2H])c([2H])c(-c2c3c([2H])c([2H])c([2H])c([2H])c3c(-c3c([2H])c([2H])c4c([2H])c([2H])c([2H])c([2H])c4c3[2H])c3c([2H])c([2H])c([2H])c([2H])c23)c1[2H]. The first-order chi connectivity index (χ1) is 32.2. The molecule has 0 bridgehead atoms. The Bertz CT molecular complexity index is 3890. The second-order valence-electron chi connectivity index (χ2n) is 9.26. The van der Waals surface area contributed by atoms with Gasteiger partial charge in [-0.05, 0) is 95.9 Å². The van der Waals surface area contributed by atoms with E-state index in [1.165, 1.54) is 0 Å². The molecule has 0 unspecified atom stereocenters. The molecular formula is C42H26O. The summed E-state index contributed by atoms with van der Waals surface area (Å²) in [5.74, 6) is 0. The van der Waals surface area contributed by atoms with Crippen LogP contribution >= 0.6 is 0 Å². The van der Waals surface area contributed by atoms with E-state index in [9.17, 15) is 12.3 Å². The minimum atomic E-state index is -1.06. The molecule has 0 amide bonds. The fourth-order valence-electron chi connectivity index (χ4n) is 5.05. The fraction of sp³-hybridized carbons (Fsp3) is 0. The van der Waals surface area contributed by atoms with Gasteiger partial charge in [0.25, 0.3) is 0 Å². The normalized spacial score (nSPS) is 20.2. The molecule has 200 valence electrons. The van der Waals surface area contributed by atoms with Crippen LogP contribution in [0.25, 0.3) is 87.6 Å². The van der Waals surface area contributed by atoms with Crippen LogP contribution in [0, 0.1) is 0 Å². The number of rotatable bonds is 3. The van der Waals surface area contributed by atoms with Crippen molar-refractivity contribution >= 4 is 54.3 Å². The summed E-state index contributed by atoms with van der Waals surface area (Å²) in [4.78, 5) is 0. The fourth-order valence-corrected chi connectivity index (χ4v) is 5.05. The van der Waals surface area contributed by atoms with E-state index in [2.05, 4.69) is 0 Å². The van der Waals surface area contributed by atoms with E-state index < -0.39 is 245 Å². The molecule has 9 rings (SSSR count). The standard InChI is InChI=1S/C42H26O/c1-2-11-28-24-32(21-20-27(28)10-1)42-36-17-5-3-15-34(36)41(35-16-4-6-18-37(35)42)31-13-9-12-29(25-31)30-22-23-40-38(26-30)33-14-7-8-19-39(33)43-40/h1-26H/i1D,2D,3D,4D,5D,6D,7D,8D,9D,10D,11D,12D,13D,14D,15D,16D,17D,18D,19D,20D,21D,22D,23D,24D,25D,26D. The Labute approximate surface area is 285 Å². The Morgan fingerprint density at radius 2 is 0.837 bits per heavy atom. The zero-order valence-electron chi connectivity index (χ0n) is 47.4. The summed E-state index contributed by atoms with van der Waals surface area (Å²) in [6.45, 7) is 0. The molecule has 1 heteroatoms. The van der Waals surface area contributed by atoms with Crippen LogP contribution in [0.2, 0.25) is 0 Å². The Hall–Kier alpha value is -5.66. The van der Waals surface area contributed by atoms with Crippen molar-refractivity contribution < 1.29 is 40.1 Å². The second-order valence-corrected chi connectivity index (χ2v) is 9.26. The summed E-state index contributed by atoms with van der Waals surface area (Å²) in [5.41, 5.74) is -5.72. The lowest BCUT2D eigenvalue weighted by molar-refractivity contribution is 0.669. The third-order valence-electron chi connectivity index (χ3n) is 6.89. The maximum atomic E-state index is 9.78. The zero-order chi connectivity index (χ0) is 51.0. The van der Waals surface area contributed by atoms with Gasteiger partial charge in [-0.2, -0.15) is 0 Å². The van der Waals surface area contributed by atoms with Crippen molar-refractivity contribution in [3.05, 3.63) is 157 Å². The number of hydrogen-bond acceptors (Lipinski definition) is 1. The van der Waals surface area contributed by atoms with E-state index in [0.717, 1.165) is 0 Å². The molecule has 0 saturated carbocycles. The molecule has 0 atom stereocenters. The van der Waals surface area contributed by atoms with Gasteiger partial charge in [0, 0.05) is 10.8 Å². The van der Waals surface area contributed by atoms with Gasteiger partial charge in [0.05, 0.1) is 35.6 Å². The summed E-state index contributed by atoms with van der Waals surface area (Å²) >= 11 is 0. The lowest BCUT2D eigenvalue weighted by atomic mass is 9.85. The maximum absolute atomic E-state index is 9.78. The topological polar surface area (TPSA) is 13.1 Å². The highest BCUT2D eigenvalue weighted by molar-refractivity contribution is 6.22.